The summed E-state index contributed by atoms with van der Waals surface area (Å²) in [6.45, 7) is 4.66. The number of hydrogen-bond donors (Lipinski definition) is 1. The number of rotatable bonds is 4. The minimum Gasteiger partial charge on any atom is -0.379 e. The van der Waals surface area contributed by atoms with Gasteiger partial charge in [0.15, 0.2) is 0 Å². The molecule has 1 aliphatic heterocycles. The Morgan fingerprint density at radius 1 is 1.56 bits per heavy atom. The molecule has 4 heteroatoms. The van der Waals surface area contributed by atoms with Crippen LogP contribution < -0.4 is 5.73 Å². The van der Waals surface area contributed by atoms with Crippen LogP contribution in [-0.4, -0.2) is 42.6 Å². The van der Waals surface area contributed by atoms with E-state index in [1.807, 2.05) is 11.8 Å². The monoisotopic (exact) mass is 226 g/mol. The summed E-state index contributed by atoms with van der Waals surface area (Å²) in [5, 5.41) is 0. The standard InChI is InChI=1S/C12H22N2O2/c1-2-14(8-10-4-3-5-10)11(15)12(13)6-7-16-9-12/h10H,2-9,13H2,1H3. The number of likely N-dealkylation sites (N-methyl/N-ethyl adjacent to an activating group) is 1. The molecule has 1 atom stereocenters. The first-order chi connectivity index (χ1) is 7.65. The molecule has 1 aliphatic carbocycles. The van der Waals surface area contributed by atoms with Gasteiger partial charge in [-0.05, 0) is 32.1 Å². The molecule has 1 saturated carbocycles. The fourth-order valence-corrected chi connectivity index (χ4v) is 2.41. The van der Waals surface area contributed by atoms with Crippen LogP contribution in [0.25, 0.3) is 0 Å². The van der Waals surface area contributed by atoms with Crippen molar-refractivity contribution < 1.29 is 9.53 Å². The largest absolute Gasteiger partial charge is 0.379 e. The molecule has 1 unspecified atom stereocenters. The number of amides is 1. The molecular formula is C12H22N2O2. The maximum Gasteiger partial charge on any atom is 0.245 e. The van der Waals surface area contributed by atoms with Gasteiger partial charge in [0.1, 0.15) is 5.54 Å². The number of hydrogen-bond acceptors (Lipinski definition) is 3. The molecule has 0 aromatic heterocycles. The van der Waals surface area contributed by atoms with Crippen molar-refractivity contribution in [3.63, 3.8) is 0 Å². The summed E-state index contributed by atoms with van der Waals surface area (Å²) in [5.41, 5.74) is 5.35. The van der Waals surface area contributed by atoms with E-state index in [-0.39, 0.29) is 5.91 Å². The van der Waals surface area contributed by atoms with E-state index in [1.54, 1.807) is 0 Å². The molecule has 0 aromatic rings. The Labute approximate surface area is 97.1 Å². The average molecular weight is 226 g/mol. The molecule has 2 rings (SSSR count). The second-order valence-electron chi connectivity index (χ2n) is 5.10. The zero-order chi connectivity index (χ0) is 11.6. The van der Waals surface area contributed by atoms with Crippen LogP contribution in [0.2, 0.25) is 0 Å². The van der Waals surface area contributed by atoms with Crippen LogP contribution in [0.15, 0.2) is 0 Å². The van der Waals surface area contributed by atoms with E-state index >= 15 is 0 Å². The van der Waals surface area contributed by atoms with Gasteiger partial charge in [0.25, 0.3) is 0 Å². The van der Waals surface area contributed by atoms with Crippen LogP contribution in [0.3, 0.4) is 0 Å². The van der Waals surface area contributed by atoms with E-state index in [2.05, 4.69) is 0 Å². The summed E-state index contributed by atoms with van der Waals surface area (Å²) in [4.78, 5) is 14.2. The highest BCUT2D eigenvalue weighted by molar-refractivity contribution is 5.86. The lowest BCUT2D eigenvalue weighted by Crippen LogP contribution is -2.56. The third kappa shape index (κ3) is 2.23. The number of nitrogens with two attached hydrogens (primary N) is 1. The van der Waals surface area contributed by atoms with Gasteiger partial charge in [0, 0.05) is 19.7 Å². The van der Waals surface area contributed by atoms with E-state index in [0.717, 1.165) is 13.1 Å². The quantitative estimate of drug-likeness (QED) is 0.769. The Morgan fingerprint density at radius 2 is 2.31 bits per heavy atom. The Kier molecular flexibility index (Phi) is 3.50. The number of carbonyl (C=O) groups is 1. The van der Waals surface area contributed by atoms with Crippen molar-refractivity contribution in [1.82, 2.24) is 4.90 Å². The van der Waals surface area contributed by atoms with Crippen LogP contribution in [0.5, 0.6) is 0 Å². The van der Waals surface area contributed by atoms with Crippen LogP contribution in [0.1, 0.15) is 32.6 Å². The van der Waals surface area contributed by atoms with Gasteiger partial charge in [0.05, 0.1) is 6.61 Å². The van der Waals surface area contributed by atoms with Crippen molar-refractivity contribution in [3.05, 3.63) is 0 Å². The SMILES string of the molecule is CCN(CC1CCC1)C(=O)C1(N)CCOC1. The lowest BCUT2D eigenvalue weighted by atomic mass is 9.84. The number of ether oxygens (including phenoxy) is 1. The first-order valence-electron chi connectivity index (χ1n) is 6.32. The van der Waals surface area contributed by atoms with E-state index in [4.69, 9.17) is 10.5 Å². The molecule has 4 nitrogen and oxygen atoms in total. The lowest BCUT2D eigenvalue weighted by molar-refractivity contribution is -0.137. The van der Waals surface area contributed by atoms with Gasteiger partial charge in [-0.3, -0.25) is 4.79 Å². The Balaban J connectivity index is 1.93. The van der Waals surface area contributed by atoms with E-state index < -0.39 is 5.54 Å². The Hall–Kier alpha value is -0.610. The van der Waals surface area contributed by atoms with Crippen molar-refractivity contribution in [2.45, 2.75) is 38.1 Å². The summed E-state index contributed by atoms with van der Waals surface area (Å²) in [7, 11) is 0. The van der Waals surface area contributed by atoms with E-state index in [1.165, 1.54) is 19.3 Å². The maximum absolute atomic E-state index is 12.3. The van der Waals surface area contributed by atoms with Gasteiger partial charge in [-0.2, -0.15) is 0 Å². The lowest BCUT2D eigenvalue weighted by Gasteiger charge is -2.35. The van der Waals surface area contributed by atoms with Gasteiger partial charge in [-0.15, -0.1) is 0 Å². The van der Waals surface area contributed by atoms with Crippen LogP contribution in [0, 0.1) is 5.92 Å². The molecule has 2 fully saturated rings. The molecule has 0 bridgehead atoms. The fourth-order valence-electron chi connectivity index (χ4n) is 2.41. The summed E-state index contributed by atoms with van der Waals surface area (Å²) >= 11 is 0. The molecule has 0 aromatic carbocycles. The van der Waals surface area contributed by atoms with Crippen LogP contribution >= 0.6 is 0 Å². The average Bonchev–Trinajstić information content (AvgIpc) is 2.64. The molecule has 2 aliphatic rings. The highest BCUT2D eigenvalue weighted by Gasteiger charge is 2.41. The third-order valence-corrected chi connectivity index (χ3v) is 3.85. The number of carbonyl (C=O) groups excluding carboxylic acids is 1. The zero-order valence-electron chi connectivity index (χ0n) is 10.1. The second-order valence-corrected chi connectivity index (χ2v) is 5.10. The molecule has 1 saturated heterocycles. The van der Waals surface area contributed by atoms with Crippen molar-refractivity contribution in [3.8, 4) is 0 Å². The third-order valence-electron chi connectivity index (χ3n) is 3.85. The Morgan fingerprint density at radius 3 is 2.75 bits per heavy atom. The van der Waals surface area contributed by atoms with Gasteiger partial charge < -0.3 is 15.4 Å². The molecular weight excluding hydrogens is 204 g/mol. The summed E-state index contributed by atoms with van der Waals surface area (Å²) in [5.74, 6) is 0.786. The van der Waals surface area contributed by atoms with Crippen LogP contribution in [-0.2, 0) is 9.53 Å². The molecule has 0 radical (unpaired) electrons. The fraction of sp³-hybridized carbons (Fsp3) is 0.917. The normalized spacial score (nSPS) is 30.1. The first kappa shape index (κ1) is 11.9. The summed E-state index contributed by atoms with van der Waals surface area (Å²) in [6, 6.07) is 0. The smallest absolute Gasteiger partial charge is 0.245 e. The molecule has 16 heavy (non-hydrogen) atoms. The first-order valence-corrected chi connectivity index (χ1v) is 6.32. The highest BCUT2D eigenvalue weighted by atomic mass is 16.5. The molecule has 0 spiro atoms. The molecule has 2 N–H and O–H groups in total. The van der Waals surface area contributed by atoms with Gasteiger partial charge in [0.2, 0.25) is 5.91 Å². The molecule has 92 valence electrons. The van der Waals surface area contributed by atoms with Crippen molar-refractivity contribution >= 4 is 5.91 Å². The zero-order valence-corrected chi connectivity index (χ0v) is 10.1. The van der Waals surface area contributed by atoms with Crippen molar-refractivity contribution in [2.24, 2.45) is 11.7 Å². The maximum atomic E-state index is 12.3. The van der Waals surface area contributed by atoms with Gasteiger partial charge in [-0.1, -0.05) is 6.42 Å². The van der Waals surface area contributed by atoms with E-state index in [9.17, 15) is 4.79 Å². The summed E-state index contributed by atoms with van der Waals surface area (Å²) < 4.78 is 5.25. The van der Waals surface area contributed by atoms with Crippen molar-refractivity contribution in [1.29, 1.82) is 0 Å². The summed E-state index contributed by atoms with van der Waals surface area (Å²) in [6.07, 6.45) is 4.50. The number of nitrogens with zero attached hydrogens (tertiary/aromatic N) is 1. The van der Waals surface area contributed by atoms with Gasteiger partial charge >= 0.3 is 0 Å². The topological polar surface area (TPSA) is 55.6 Å². The molecule has 1 heterocycles. The van der Waals surface area contributed by atoms with E-state index in [0.29, 0.717) is 25.6 Å². The second kappa shape index (κ2) is 4.72. The van der Waals surface area contributed by atoms with Gasteiger partial charge in [-0.25, -0.2) is 0 Å². The predicted molar refractivity (Wildman–Crippen MR) is 61.9 cm³/mol. The highest BCUT2D eigenvalue weighted by Crippen LogP contribution is 2.28. The minimum absolute atomic E-state index is 0.0828. The minimum atomic E-state index is -0.750. The predicted octanol–water partition coefficient (Wildman–Crippen LogP) is 0.753. The van der Waals surface area contributed by atoms with Crippen LogP contribution in [0.4, 0.5) is 0 Å². The molecule has 1 amide bonds. The Bertz CT molecular complexity index is 258. The van der Waals surface area contributed by atoms with Crippen molar-refractivity contribution in [2.75, 3.05) is 26.3 Å².